The fourth-order valence-electron chi connectivity index (χ4n) is 0.635. The molecule has 0 aliphatic rings. The zero-order valence-electron chi connectivity index (χ0n) is 6.06. The van der Waals surface area contributed by atoms with Crippen LogP contribution in [0.4, 0.5) is 0 Å². The molecule has 2 nitrogen and oxygen atoms in total. The third-order valence-electron chi connectivity index (χ3n) is 1.15. The van der Waals surface area contributed by atoms with E-state index in [4.69, 9.17) is 23.2 Å². The van der Waals surface area contributed by atoms with Crippen molar-refractivity contribution in [3.63, 3.8) is 0 Å². The quantitative estimate of drug-likeness (QED) is 0.404. The van der Waals surface area contributed by atoms with E-state index in [1.54, 1.807) is 6.92 Å². The van der Waals surface area contributed by atoms with Gasteiger partial charge in [-0.15, -0.1) is 11.8 Å². The second-order valence-corrected chi connectivity index (χ2v) is 3.41. The molecule has 0 N–H and O–H groups in total. The Kier molecular flexibility index (Phi) is 2.98. The van der Waals surface area contributed by atoms with Gasteiger partial charge in [-0.1, -0.05) is 11.6 Å². The summed E-state index contributed by atoms with van der Waals surface area (Å²) in [6.45, 7) is 1.80. The molecule has 0 aliphatic heterocycles. The Balaban J connectivity index is 3.24. The Morgan fingerprint density at radius 1 is 1.27 bits per heavy atom. The van der Waals surface area contributed by atoms with E-state index in [9.17, 15) is 0 Å². The first-order valence-electron chi connectivity index (χ1n) is 2.88. The second kappa shape index (κ2) is 3.61. The summed E-state index contributed by atoms with van der Waals surface area (Å²) in [5.74, 6) is 0. The fourth-order valence-corrected chi connectivity index (χ4v) is 1.72. The highest BCUT2D eigenvalue weighted by atomic mass is 35.5. The molecule has 1 heterocycles. The van der Waals surface area contributed by atoms with Crippen LogP contribution in [-0.2, 0) is 0 Å². The van der Waals surface area contributed by atoms with Gasteiger partial charge in [0, 0.05) is 0 Å². The molecule has 1 rings (SSSR count). The van der Waals surface area contributed by atoms with Gasteiger partial charge in [-0.2, -0.15) is 0 Å². The lowest BCUT2D eigenvalue weighted by molar-refractivity contribution is 1.01. The molecule has 1 aromatic rings. The van der Waals surface area contributed by atoms with Crippen LogP contribution in [0.25, 0.3) is 0 Å². The van der Waals surface area contributed by atoms with Crippen LogP contribution in [0.1, 0.15) is 5.69 Å². The molecule has 0 aliphatic carbocycles. The van der Waals surface area contributed by atoms with Crippen LogP contribution in [0.3, 0.4) is 0 Å². The molecule has 60 valence electrons. The average molecular weight is 209 g/mol. The smallest absolute Gasteiger partial charge is 0.222 e. The number of thioether (sulfide) groups is 1. The number of rotatable bonds is 1. The van der Waals surface area contributed by atoms with Crippen molar-refractivity contribution in [2.45, 2.75) is 11.9 Å². The van der Waals surface area contributed by atoms with Crippen molar-refractivity contribution in [2.24, 2.45) is 0 Å². The summed E-state index contributed by atoms with van der Waals surface area (Å²) >= 11 is 12.9. The van der Waals surface area contributed by atoms with Crippen molar-refractivity contribution in [1.29, 1.82) is 0 Å². The van der Waals surface area contributed by atoms with Crippen molar-refractivity contribution in [3.05, 3.63) is 16.0 Å². The van der Waals surface area contributed by atoms with Gasteiger partial charge in [0.15, 0.2) is 0 Å². The lowest BCUT2D eigenvalue weighted by atomic mass is 10.5. The number of hydrogen-bond donors (Lipinski definition) is 0. The first-order valence-corrected chi connectivity index (χ1v) is 4.87. The number of nitrogens with zero attached hydrogens (tertiary/aromatic N) is 2. The molecule has 0 unspecified atom stereocenters. The maximum absolute atomic E-state index is 5.86. The van der Waals surface area contributed by atoms with Crippen LogP contribution in [0.15, 0.2) is 5.03 Å². The molecule has 0 saturated heterocycles. The van der Waals surface area contributed by atoms with Gasteiger partial charge in [0.25, 0.3) is 0 Å². The molecule has 1 aromatic heterocycles. The fraction of sp³-hybridized carbons (Fsp3) is 0.333. The lowest BCUT2D eigenvalue weighted by Gasteiger charge is -2.01. The van der Waals surface area contributed by atoms with Crippen LogP contribution in [0, 0.1) is 6.92 Å². The summed E-state index contributed by atoms with van der Waals surface area (Å²) in [6.07, 6.45) is 1.89. The van der Waals surface area contributed by atoms with E-state index in [-0.39, 0.29) is 5.28 Å². The Bertz CT molecular complexity index is 278. The minimum Gasteiger partial charge on any atom is -0.222 e. The van der Waals surface area contributed by atoms with E-state index in [1.807, 2.05) is 6.26 Å². The number of halogens is 2. The number of aromatic nitrogens is 2. The molecule has 0 aromatic carbocycles. The lowest BCUT2D eigenvalue weighted by Crippen LogP contribution is -1.90. The van der Waals surface area contributed by atoms with E-state index in [2.05, 4.69) is 9.97 Å². The Morgan fingerprint density at radius 2 is 1.91 bits per heavy atom. The molecule has 11 heavy (non-hydrogen) atoms. The Morgan fingerprint density at radius 3 is 2.45 bits per heavy atom. The average Bonchev–Trinajstić information content (AvgIpc) is 1.96. The topological polar surface area (TPSA) is 25.8 Å². The molecule has 0 fully saturated rings. The van der Waals surface area contributed by atoms with E-state index < -0.39 is 0 Å². The van der Waals surface area contributed by atoms with E-state index in [0.29, 0.717) is 5.02 Å². The van der Waals surface area contributed by atoms with Crippen LogP contribution >= 0.6 is 35.0 Å². The van der Waals surface area contributed by atoms with Crippen molar-refractivity contribution in [1.82, 2.24) is 9.97 Å². The third-order valence-corrected chi connectivity index (χ3v) is 2.57. The van der Waals surface area contributed by atoms with Crippen molar-refractivity contribution < 1.29 is 0 Å². The SMILES string of the molecule is CSc1nc(Cl)nc(C)c1Cl. The van der Waals surface area contributed by atoms with Gasteiger partial charge < -0.3 is 0 Å². The van der Waals surface area contributed by atoms with Gasteiger partial charge in [-0.25, -0.2) is 9.97 Å². The van der Waals surface area contributed by atoms with Crippen molar-refractivity contribution >= 4 is 35.0 Å². The van der Waals surface area contributed by atoms with Crippen molar-refractivity contribution in [3.8, 4) is 0 Å². The van der Waals surface area contributed by atoms with Gasteiger partial charge in [-0.3, -0.25) is 0 Å². The molecule has 0 saturated carbocycles. The maximum Gasteiger partial charge on any atom is 0.223 e. The summed E-state index contributed by atoms with van der Waals surface area (Å²) in [5, 5.41) is 1.56. The Hall–Kier alpha value is 0.01000. The molecule has 0 atom stereocenters. The highest BCUT2D eigenvalue weighted by molar-refractivity contribution is 7.98. The highest BCUT2D eigenvalue weighted by Gasteiger charge is 2.06. The van der Waals surface area contributed by atoms with E-state index in [0.717, 1.165) is 10.7 Å². The van der Waals surface area contributed by atoms with Gasteiger partial charge >= 0.3 is 0 Å². The normalized spacial score (nSPS) is 10.2. The molecule has 5 heteroatoms. The van der Waals surface area contributed by atoms with Gasteiger partial charge in [-0.05, 0) is 24.8 Å². The number of aryl methyl sites for hydroxylation is 1. The summed E-state index contributed by atoms with van der Waals surface area (Å²) in [6, 6.07) is 0. The molecule has 0 spiro atoms. The maximum atomic E-state index is 5.86. The predicted octanol–water partition coefficient (Wildman–Crippen LogP) is 2.81. The highest BCUT2D eigenvalue weighted by Crippen LogP contribution is 2.25. The summed E-state index contributed by atoms with van der Waals surface area (Å²) < 4.78 is 0. The molecular weight excluding hydrogens is 203 g/mol. The first kappa shape index (κ1) is 9.10. The molecular formula is C6H6Cl2N2S. The van der Waals surface area contributed by atoms with Gasteiger partial charge in [0.2, 0.25) is 5.28 Å². The molecule has 0 radical (unpaired) electrons. The van der Waals surface area contributed by atoms with Crippen LogP contribution in [0.5, 0.6) is 0 Å². The minimum absolute atomic E-state index is 0.247. The molecule has 0 amide bonds. The number of hydrogen-bond acceptors (Lipinski definition) is 3. The monoisotopic (exact) mass is 208 g/mol. The largest absolute Gasteiger partial charge is 0.223 e. The zero-order valence-corrected chi connectivity index (χ0v) is 8.39. The van der Waals surface area contributed by atoms with Crippen molar-refractivity contribution in [2.75, 3.05) is 6.26 Å². The predicted molar refractivity (Wildman–Crippen MR) is 48.6 cm³/mol. The standard InChI is InChI=1S/C6H6Cl2N2S/c1-3-4(7)5(11-2)10-6(8)9-3/h1-2H3. The van der Waals surface area contributed by atoms with Gasteiger partial charge in [0.1, 0.15) is 5.03 Å². The summed E-state index contributed by atoms with van der Waals surface area (Å²) in [7, 11) is 0. The second-order valence-electron chi connectivity index (χ2n) is 1.90. The van der Waals surface area contributed by atoms with Crippen LogP contribution < -0.4 is 0 Å². The molecule has 0 bridgehead atoms. The summed E-state index contributed by atoms with van der Waals surface area (Å²) in [5.41, 5.74) is 0.719. The third kappa shape index (κ3) is 1.98. The minimum atomic E-state index is 0.247. The van der Waals surface area contributed by atoms with Crippen LogP contribution in [0.2, 0.25) is 10.3 Å². The zero-order chi connectivity index (χ0) is 8.43. The first-order chi connectivity index (χ1) is 5.15. The summed E-state index contributed by atoms with van der Waals surface area (Å²) in [4.78, 5) is 7.83. The van der Waals surface area contributed by atoms with Crippen LogP contribution in [-0.4, -0.2) is 16.2 Å². The van der Waals surface area contributed by atoms with E-state index >= 15 is 0 Å². The van der Waals surface area contributed by atoms with Gasteiger partial charge in [0.05, 0.1) is 10.7 Å². The van der Waals surface area contributed by atoms with E-state index in [1.165, 1.54) is 11.8 Å². The Labute approximate surface area is 79.3 Å².